The molecule has 2 atom stereocenters. The molecule has 0 bridgehead atoms. The minimum atomic E-state index is -0.204. The summed E-state index contributed by atoms with van der Waals surface area (Å²) < 4.78 is 11.8. The molecule has 1 heterocycles. The Morgan fingerprint density at radius 2 is 2.38 bits per heavy atom. The Balaban J connectivity index is 2.22. The zero-order chi connectivity index (χ0) is 5.98. The molecule has 1 N–H and O–H groups in total. The van der Waals surface area contributed by atoms with Gasteiger partial charge in [-0.25, -0.2) is 4.39 Å². The van der Waals surface area contributed by atoms with Gasteiger partial charge in [0, 0.05) is 12.1 Å². The van der Waals surface area contributed by atoms with Crippen LogP contribution >= 0.6 is 0 Å². The number of nitrogens with one attached hydrogen (secondary N) is 1. The molecule has 1 nitrogen and oxygen atoms in total. The fourth-order valence-corrected chi connectivity index (χ4v) is 1.14. The lowest BCUT2D eigenvalue weighted by atomic mass is 10.2. The van der Waals surface area contributed by atoms with Gasteiger partial charge in [-0.3, -0.25) is 0 Å². The van der Waals surface area contributed by atoms with Gasteiger partial charge in [-0.05, 0) is 19.8 Å². The van der Waals surface area contributed by atoms with E-state index in [4.69, 9.17) is 0 Å². The van der Waals surface area contributed by atoms with Crippen LogP contribution in [0.3, 0.4) is 0 Å². The molecule has 0 radical (unpaired) electrons. The van der Waals surface area contributed by atoms with Crippen LogP contribution in [-0.2, 0) is 0 Å². The third kappa shape index (κ3) is 1.19. The lowest BCUT2D eigenvalue weighted by Crippen LogP contribution is -2.28. The van der Waals surface area contributed by atoms with Crippen molar-refractivity contribution in [2.45, 2.75) is 31.8 Å². The highest BCUT2D eigenvalue weighted by Crippen LogP contribution is 2.10. The highest BCUT2D eigenvalue weighted by Gasteiger charge is 2.18. The minimum Gasteiger partial charge on any atom is -0.309 e. The van der Waals surface area contributed by atoms with Gasteiger partial charge in [-0.2, -0.15) is 0 Å². The average Bonchev–Trinajstić information content (AvgIpc) is 2.14. The number of rotatable bonds is 1. The summed E-state index contributed by atoms with van der Waals surface area (Å²) in [6, 6.07) is 0.695. The second kappa shape index (κ2) is 2.44. The van der Waals surface area contributed by atoms with E-state index in [9.17, 15) is 4.39 Å². The van der Waals surface area contributed by atoms with Crippen LogP contribution in [0.5, 0.6) is 0 Å². The van der Waals surface area contributed by atoms with E-state index >= 15 is 0 Å². The highest BCUT2D eigenvalue weighted by atomic mass is 19.1. The zero-order valence-electron chi connectivity index (χ0n) is 5.15. The van der Waals surface area contributed by atoms with E-state index in [1.54, 1.807) is 0 Å². The quantitative estimate of drug-likeness (QED) is 0.542. The maximum absolute atomic E-state index is 11.8. The molecule has 2 unspecified atom stereocenters. The van der Waals surface area contributed by atoms with Crippen molar-refractivity contribution in [2.75, 3.05) is 6.67 Å². The summed E-state index contributed by atoms with van der Waals surface area (Å²) in [4.78, 5) is 0. The first-order chi connectivity index (χ1) is 3.83. The maximum atomic E-state index is 11.8. The molecule has 8 heavy (non-hydrogen) atoms. The first-order valence-corrected chi connectivity index (χ1v) is 3.15. The van der Waals surface area contributed by atoms with Crippen molar-refractivity contribution in [1.82, 2.24) is 5.32 Å². The van der Waals surface area contributed by atoms with E-state index in [1.807, 2.05) is 0 Å². The van der Waals surface area contributed by atoms with Crippen LogP contribution in [0.2, 0.25) is 0 Å². The second-order valence-electron chi connectivity index (χ2n) is 2.50. The van der Waals surface area contributed by atoms with Crippen molar-refractivity contribution in [1.29, 1.82) is 0 Å². The van der Waals surface area contributed by atoms with Crippen LogP contribution in [0.25, 0.3) is 0 Å². The Labute approximate surface area is 49.3 Å². The van der Waals surface area contributed by atoms with Gasteiger partial charge in [0.25, 0.3) is 0 Å². The van der Waals surface area contributed by atoms with Gasteiger partial charge in [-0.15, -0.1) is 0 Å². The number of hydrogen-bond donors (Lipinski definition) is 1. The molecule has 1 rings (SSSR count). The first kappa shape index (κ1) is 6.02. The summed E-state index contributed by atoms with van der Waals surface area (Å²) in [6.45, 7) is 1.89. The van der Waals surface area contributed by atoms with E-state index < -0.39 is 0 Å². The number of alkyl halides is 1. The fourth-order valence-electron chi connectivity index (χ4n) is 1.14. The normalized spacial score (nSPS) is 38.2. The molecule has 1 aliphatic heterocycles. The van der Waals surface area contributed by atoms with Gasteiger partial charge < -0.3 is 5.32 Å². The summed E-state index contributed by atoms with van der Waals surface area (Å²) in [7, 11) is 0. The Morgan fingerprint density at radius 3 is 2.62 bits per heavy atom. The third-order valence-corrected chi connectivity index (χ3v) is 1.65. The molecule has 0 saturated carbocycles. The SMILES string of the molecule is CC1CCC(CF)N1. The van der Waals surface area contributed by atoms with Crippen LogP contribution in [0.4, 0.5) is 4.39 Å². The second-order valence-corrected chi connectivity index (χ2v) is 2.50. The molecule has 0 amide bonds. The third-order valence-electron chi connectivity index (χ3n) is 1.65. The molecule has 1 saturated heterocycles. The van der Waals surface area contributed by atoms with Crippen LogP contribution < -0.4 is 5.32 Å². The molecular weight excluding hydrogens is 105 g/mol. The van der Waals surface area contributed by atoms with E-state index in [2.05, 4.69) is 12.2 Å². The van der Waals surface area contributed by atoms with Crippen LogP contribution in [0.1, 0.15) is 19.8 Å². The average molecular weight is 117 g/mol. The molecule has 2 heteroatoms. The van der Waals surface area contributed by atoms with Gasteiger partial charge in [0.15, 0.2) is 0 Å². The van der Waals surface area contributed by atoms with E-state index in [0.717, 1.165) is 12.8 Å². The highest BCUT2D eigenvalue weighted by molar-refractivity contribution is 4.79. The smallest absolute Gasteiger partial charge is 0.105 e. The Morgan fingerprint density at radius 1 is 1.62 bits per heavy atom. The lowest BCUT2D eigenvalue weighted by molar-refractivity contribution is 0.397. The molecule has 1 aliphatic rings. The summed E-state index contributed by atoms with van der Waals surface area (Å²) in [5.74, 6) is 0. The van der Waals surface area contributed by atoms with E-state index in [-0.39, 0.29) is 12.7 Å². The van der Waals surface area contributed by atoms with Crippen LogP contribution in [-0.4, -0.2) is 18.8 Å². The van der Waals surface area contributed by atoms with Crippen molar-refractivity contribution in [3.8, 4) is 0 Å². The summed E-state index contributed by atoms with van der Waals surface area (Å²) in [5, 5.41) is 3.13. The minimum absolute atomic E-state index is 0.157. The number of hydrogen-bond acceptors (Lipinski definition) is 1. The van der Waals surface area contributed by atoms with Gasteiger partial charge in [0.1, 0.15) is 6.67 Å². The van der Waals surface area contributed by atoms with Crippen LogP contribution in [0, 0.1) is 0 Å². The summed E-state index contributed by atoms with van der Waals surface area (Å²) >= 11 is 0. The monoisotopic (exact) mass is 117 g/mol. The molecule has 1 fully saturated rings. The molecule has 0 aromatic rings. The largest absolute Gasteiger partial charge is 0.309 e. The summed E-state index contributed by atoms with van der Waals surface area (Å²) in [6.07, 6.45) is 2.15. The molecule has 0 aromatic heterocycles. The van der Waals surface area contributed by atoms with Gasteiger partial charge in [0.05, 0.1) is 0 Å². The predicted molar refractivity (Wildman–Crippen MR) is 31.6 cm³/mol. The van der Waals surface area contributed by atoms with Gasteiger partial charge in [-0.1, -0.05) is 0 Å². The molecule has 0 aromatic carbocycles. The molecule has 0 spiro atoms. The Hall–Kier alpha value is -0.110. The Kier molecular flexibility index (Phi) is 1.84. The van der Waals surface area contributed by atoms with Crippen molar-refractivity contribution in [2.24, 2.45) is 0 Å². The topological polar surface area (TPSA) is 12.0 Å². The zero-order valence-corrected chi connectivity index (χ0v) is 5.15. The fraction of sp³-hybridized carbons (Fsp3) is 1.00. The van der Waals surface area contributed by atoms with Crippen molar-refractivity contribution >= 4 is 0 Å². The van der Waals surface area contributed by atoms with Crippen molar-refractivity contribution < 1.29 is 4.39 Å². The standard InChI is InChI=1S/C6H12FN/c1-5-2-3-6(4-7)8-5/h5-6,8H,2-4H2,1H3. The Bertz CT molecular complexity index is 74.9. The van der Waals surface area contributed by atoms with E-state index in [1.165, 1.54) is 0 Å². The predicted octanol–water partition coefficient (Wildman–Crippen LogP) is 1.10. The van der Waals surface area contributed by atoms with Gasteiger partial charge in [0.2, 0.25) is 0 Å². The van der Waals surface area contributed by atoms with Gasteiger partial charge >= 0.3 is 0 Å². The molecule has 0 aliphatic carbocycles. The lowest BCUT2D eigenvalue weighted by Gasteiger charge is -2.04. The number of halogens is 1. The summed E-state index contributed by atoms with van der Waals surface area (Å²) in [5.41, 5.74) is 0. The van der Waals surface area contributed by atoms with Crippen LogP contribution in [0.15, 0.2) is 0 Å². The molecular formula is C6H12FN. The van der Waals surface area contributed by atoms with Crippen molar-refractivity contribution in [3.63, 3.8) is 0 Å². The first-order valence-electron chi connectivity index (χ1n) is 3.15. The molecule has 48 valence electrons. The van der Waals surface area contributed by atoms with Crippen molar-refractivity contribution in [3.05, 3.63) is 0 Å². The van der Waals surface area contributed by atoms with E-state index in [0.29, 0.717) is 6.04 Å². The maximum Gasteiger partial charge on any atom is 0.105 e.